The Kier molecular flexibility index (Phi) is 4.64. The molecule has 2 aromatic heterocycles. The minimum absolute atomic E-state index is 0.0400. The summed E-state index contributed by atoms with van der Waals surface area (Å²) >= 11 is 0. The number of aromatic nitrogens is 3. The van der Waals surface area contributed by atoms with Crippen LogP contribution in [0.4, 0.5) is 0 Å². The highest BCUT2D eigenvalue weighted by Gasteiger charge is 2.26. The number of rotatable bonds is 4. The van der Waals surface area contributed by atoms with E-state index in [0.717, 1.165) is 25.1 Å². The number of amides is 1. The smallest absolute Gasteiger partial charge is 0.253 e. The third kappa shape index (κ3) is 3.59. The highest BCUT2D eigenvalue weighted by molar-refractivity contribution is 5.94. The molecule has 0 aliphatic carbocycles. The van der Waals surface area contributed by atoms with Crippen molar-refractivity contribution in [2.45, 2.75) is 18.9 Å². The van der Waals surface area contributed by atoms with E-state index >= 15 is 0 Å². The van der Waals surface area contributed by atoms with Crippen molar-refractivity contribution in [2.75, 3.05) is 13.1 Å². The Bertz CT molecular complexity index is 847. The summed E-state index contributed by atoms with van der Waals surface area (Å²) in [6.45, 7) is 1.32. The number of ether oxygens (including phenoxy) is 1. The number of hydrogen-bond donors (Lipinski definition) is 0. The van der Waals surface area contributed by atoms with Gasteiger partial charge in [0.15, 0.2) is 0 Å². The van der Waals surface area contributed by atoms with Gasteiger partial charge in [-0.25, -0.2) is 9.97 Å². The molecule has 0 bridgehead atoms. The van der Waals surface area contributed by atoms with E-state index in [0.29, 0.717) is 18.0 Å². The molecule has 6 heteroatoms. The molecule has 1 aliphatic rings. The van der Waals surface area contributed by atoms with Crippen LogP contribution in [0, 0.1) is 0 Å². The van der Waals surface area contributed by atoms with Crippen LogP contribution in [-0.4, -0.2) is 44.5 Å². The summed E-state index contributed by atoms with van der Waals surface area (Å²) in [4.78, 5) is 22.7. The van der Waals surface area contributed by atoms with Crippen molar-refractivity contribution in [3.8, 4) is 11.6 Å². The second-order valence-electron chi connectivity index (χ2n) is 6.32. The fraction of sp³-hybridized carbons (Fsp3) is 0.250. The van der Waals surface area contributed by atoms with Gasteiger partial charge in [0.25, 0.3) is 5.91 Å². The molecule has 0 N–H and O–H groups in total. The second-order valence-corrected chi connectivity index (χ2v) is 6.32. The van der Waals surface area contributed by atoms with E-state index in [1.165, 1.54) is 6.33 Å². The molecule has 1 amide bonds. The molecular formula is C20H20N4O2. The van der Waals surface area contributed by atoms with Gasteiger partial charge >= 0.3 is 0 Å². The molecule has 0 radical (unpaired) electrons. The summed E-state index contributed by atoms with van der Waals surface area (Å²) in [7, 11) is 0. The van der Waals surface area contributed by atoms with Gasteiger partial charge in [-0.1, -0.05) is 0 Å². The van der Waals surface area contributed by atoms with Crippen LogP contribution in [0.2, 0.25) is 0 Å². The second kappa shape index (κ2) is 7.39. The first kappa shape index (κ1) is 16.3. The van der Waals surface area contributed by atoms with E-state index in [-0.39, 0.29) is 12.0 Å². The molecule has 1 aliphatic heterocycles. The lowest BCUT2D eigenvalue weighted by molar-refractivity contribution is 0.0527. The molecule has 1 unspecified atom stereocenters. The molecule has 0 saturated carbocycles. The van der Waals surface area contributed by atoms with Crippen molar-refractivity contribution < 1.29 is 9.53 Å². The quantitative estimate of drug-likeness (QED) is 0.727. The van der Waals surface area contributed by atoms with E-state index in [1.807, 2.05) is 58.3 Å². The Morgan fingerprint density at radius 2 is 1.92 bits per heavy atom. The van der Waals surface area contributed by atoms with Crippen LogP contribution in [0.5, 0.6) is 5.88 Å². The molecule has 1 atom stereocenters. The van der Waals surface area contributed by atoms with Gasteiger partial charge < -0.3 is 14.2 Å². The SMILES string of the molecule is O=C(c1ccc(-n2cccc2)cc1)N1CCCC(Oc2ccncn2)C1. The van der Waals surface area contributed by atoms with E-state index in [4.69, 9.17) is 4.74 Å². The number of carbonyl (C=O) groups excluding carboxylic acids is 1. The Labute approximate surface area is 152 Å². The van der Waals surface area contributed by atoms with Gasteiger partial charge in [-0.3, -0.25) is 4.79 Å². The first-order chi connectivity index (χ1) is 12.8. The van der Waals surface area contributed by atoms with E-state index in [9.17, 15) is 4.79 Å². The van der Waals surface area contributed by atoms with E-state index in [1.54, 1.807) is 12.3 Å². The average molecular weight is 348 g/mol. The van der Waals surface area contributed by atoms with Crippen molar-refractivity contribution in [3.05, 3.63) is 72.9 Å². The number of benzene rings is 1. The first-order valence-corrected chi connectivity index (χ1v) is 8.75. The van der Waals surface area contributed by atoms with Gasteiger partial charge in [0.05, 0.1) is 6.54 Å². The summed E-state index contributed by atoms with van der Waals surface area (Å²) in [6.07, 6.45) is 8.88. The van der Waals surface area contributed by atoms with Gasteiger partial charge in [-0.05, 0) is 49.2 Å². The maximum Gasteiger partial charge on any atom is 0.253 e. The summed E-state index contributed by atoms with van der Waals surface area (Å²) in [5, 5.41) is 0. The van der Waals surface area contributed by atoms with Crippen LogP contribution < -0.4 is 4.74 Å². The van der Waals surface area contributed by atoms with Gasteiger partial charge in [0, 0.05) is 42.5 Å². The predicted molar refractivity (Wildman–Crippen MR) is 97.4 cm³/mol. The number of hydrogen-bond acceptors (Lipinski definition) is 4. The van der Waals surface area contributed by atoms with Gasteiger partial charge in [0.1, 0.15) is 12.4 Å². The molecule has 26 heavy (non-hydrogen) atoms. The average Bonchev–Trinajstić information content (AvgIpc) is 3.23. The molecule has 0 spiro atoms. The van der Waals surface area contributed by atoms with Gasteiger partial charge in [0.2, 0.25) is 5.88 Å². The fourth-order valence-electron chi connectivity index (χ4n) is 3.20. The van der Waals surface area contributed by atoms with Crippen molar-refractivity contribution in [1.82, 2.24) is 19.4 Å². The van der Waals surface area contributed by atoms with Crippen molar-refractivity contribution >= 4 is 5.91 Å². The number of nitrogens with zero attached hydrogens (tertiary/aromatic N) is 4. The van der Waals surface area contributed by atoms with Crippen molar-refractivity contribution in [1.29, 1.82) is 0 Å². The third-order valence-corrected chi connectivity index (χ3v) is 4.52. The van der Waals surface area contributed by atoms with Crippen LogP contribution in [0.15, 0.2) is 67.4 Å². The highest BCUT2D eigenvalue weighted by Crippen LogP contribution is 2.19. The van der Waals surface area contributed by atoms with Gasteiger partial charge in [-0.2, -0.15) is 0 Å². The summed E-state index contributed by atoms with van der Waals surface area (Å²) in [5.74, 6) is 0.593. The molecule has 6 nitrogen and oxygen atoms in total. The first-order valence-electron chi connectivity index (χ1n) is 8.75. The van der Waals surface area contributed by atoms with Crippen LogP contribution in [0.25, 0.3) is 5.69 Å². The molecule has 3 aromatic rings. The topological polar surface area (TPSA) is 60.2 Å². The van der Waals surface area contributed by atoms with Crippen LogP contribution in [0.1, 0.15) is 23.2 Å². The lowest BCUT2D eigenvalue weighted by Gasteiger charge is -2.32. The standard InChI is InChI=1S/C20H20N4O2/c25-20(16-5-7-17(8-6-16)23-11-1-2-12-23)24-13-3-4-18(14-24)26-19-9-10-21-15-22-19/h1-2,5-12,15,18H,3-4,13-14H2. The highest BCUT2D eigenvalue weighted by atomic mass is 16.5. The Morgan fingerprint density at radius 1 is 1.12 bits per heavy atom. The van der Waals surface area contributed by atoms with Crippen molar-refractivity contribution in [2.24, 2.45) is 0 Å². The Morgan fingerprint density at radius 3 is 2.65 bits per heavy atom. The zero-order valence-electron chi connectivity index (χ0n) is 14.4. The van der Waals surface area contributed by atoms with E-state index in [2.05, 4.69) is 9.97 Å². The van der Waals surface area contributed by atoms with Gasteiger partial charge in [-0.15, -0.1) is 0 Å². The number of piperidine rings is 1. The lowest BCUT2D eigenvalue weighted by Crippen LogP contribution is -2.44. The number of carbonyl (C=O) groups is 1. The largest absolute Gasteiger partial charge is 0.472 e. The molecule has 4 rings (SSSR count). The maximum atomic E-state index is 12.8. The molecule has 132 valence electrons. The van der Waals surface area contributed by atoms with E-state index < -0.39 is 0 Å². The Hall–Kier alpha value is -3.15. The van der Waals surface area contributed by atoms with Crippen LogP contribution in [0.3, 0.4) is 0 Å². The summed E-state index contributed by atoms with van der Waals surface area (Å²) in [5.41, 5.74) is 1.73. The third-order valence-electron chi connectivity index (χ3n) is 4.52. The molecule has 1 fully saturated rings. The summed E-state index contributed by atoms with van der Waals surface area (Å²) < 4.78 is 7.91. The number of likely N-dealkylation sites (tertiary alicyclic amines) is 1. The minimum atomic E-state index is -0.0400. The molecular weight excluding hydrogens is 328 g/mol. The van der Waals surface area contributed by atoms with Crippen LogP contribution in [-0.2, 0) is 0 Å². The maximum absolute atomic E-state index is 12.8. The predicted octanol–water partition coefficient (Wildman–Crippen LogP) is 2.95. The normalized spacial score (nSPS) is 17.1. The zero-order chi connectivity index (χ0) is 17.8. The summed E-state index contributed by atoms with van der Waals surface area (Å²) in [6, 6.07) is 13.4. The lowest BCUT2D eigenvalue weighted by atomic mass is 10.1. The molecule has 1 saturated heterocycles. The van der Waals surface area contributed by atoms with Crippen molar-refractivity contribution in [3.63, 3.8) is 0 Å². The molecule has 1 aromatic carbocycles. The van der Waals surface area contributed by atoms with Crippen LogP contribution >= 0.6 is 0 Å². The monoisotopic (exact) mass is 348 g/mol. The fourth-order valence-corrected chi connectivity index (χ4v) is 3.20. The zero-order valence-corrected chi connectivity index (χ0v) is 14.4. The molecule has 3 heterocycles. The minimum Gasteiger partial charge on any atom is -0.472 e. The Balaban J connectivity index is 1.42.